The second kappa shape index (κ2) is 10.3. The number of benzene rings is 2. The number of aryl methyl sites for hydroxylation is 1. The quantitative estimate of drug-likeness (QED) is 0.533. The summed E-state index contributed by atoms with van der Waals surface area (Å²) >= 11 is 0. The van der Waals surface area contributed by atoms with Crippen LogP contribution in [0.15, 0.2) is 54.6 Å². The number of ether oxygens (including phenoxy) is 2. The van der Waals surface area contributed by atoms with E-state index in [2.05, 4.69) is 4.90 Å². The molecule has 170 valence electrons. The first-order chi connectivity index (χ1) is 15.5. The van der Waals surface area contributed by atoms with Crippen LogP contribution in [-0.4, -0.2) is 51.7 Å². The molecule has 2 atom stereocenters. The van der Waals surface area contributed by atoms with E-state index in [-0.39, 0.29) is 11.9 Å². The summed E-state index contributed by atoms with van der Waals surface area (Å²) in [4.78, 5) is 2.19. The Morgan fingerprint density at radius 3 is 2.62 bits per heavy atom. The maximum Gasteiger partial charge on any atom is 0.227 e. The molecule has 4 rings (SSSR count). The number of nitrogens with zero attached hydrogens (tertiary/aromatic N) is 3. The van der Waals surface area contributed by atoms with Gasteiger partial charge in [-0.3, -0.25) is 4.90 Å². The number of aliphatic hydroxyl groups is 1. The van der Waals surface area contributed by atoms with Gasteiger partial charge in [-0.05, 0) is 63.1 Å². The Bertz CT molecular complexity index is 999. The van der Waals surface area contributed by atoms with Gasteiger partial charge in [0, 0.05) is 26.2 Å². The summed E-state index contributed by atoms with van der Waals surface area (Å²) in [7, 11) is 0. The molecule has 0 radical (unpaired) electrons. The van der Waals surface area contributed by atoms with Gasteiger partial charge in [0.05, 0.1) is 29.2 Å². The third kappa shape index (κ3) is 5.54. The SMILES string of the molecule is Cc1nn(-c2ccccc2)c(Oc2ccc(F)cc2)c1CN(C[C@H]1CCCO1)C[C@H](C)O. The molecule has 0 bridgehead atoms. The van der Waals surface area contributed by atoms with Crippen LogP contribution in [0.5, 0.6) is 11.6 Å². The van der Waals surface area contributed by atoms with Gasteiger partial charge in [0.2, 0.25) is 5.88 Å². The van der Waals surface area contributed by atoms with Gasteiger partial charge < -0.3 is 14.6 Å². The number of aliphatic hydroxyl groups excluding tert-OH is 1. The van der Waals surface area contributed by atoms with Crippen molar-refractivity contribution in [2.24, 2.45) is 0 Å². The average molecular weight is 440 g/mol. The van der Waals surface area contributed by atoms with Crippen LogP contribution in [0, 0.1) is 12.7 Å². The Kier molecular flexibility index (Phi) is 7.19. The topological polar surface area (TPSA) is 59.8 Å². The number of rotatable bonds is 9. The van der Waals surface area contributed by atoms with Gasteiger partial charge in [-0.15, -0.1) is 0 Å². The van der Waals surface area contributed by atoms with Gasteiger partial charge in [-0.2, -0.15) is 5.10 Å². The summed E-state index contributed by atoms with van der Waals surface area (Å²) in [5, 5.41) is 14.8. The summed E-state index contributed by atoms with van der Waals surface area (Å²) in [6, 6.07) is 15.8. The van der Waals surface area contributed by atoms with Crippen LogP contribution >= 0.6 is 0 Å². The van der Waals surface area contributed by atoms with E-state index in [1.807, 2.05) is 37.3 Å². The molecular formula is C25H30FN3O3. The van der Waals surface area contributed by atoms with Gasteiger partial charge in [0.1, 0.15) is 11.6 Å². The number of aromatic nitrogens is 2. The largest absolute Gasteiger partial charge is 0.439 e. The fourth-order valence-electron chi connectivity index (χ4n) is 4.06. The molecule has 7 heteroatoms. The fraction of sp³-hybridized carbons (Fsp3) is 0.400. The number of halogens is 1. The van der Waals surface area contributed by atoms with Crippen LogP contribution in [-0.2, 0) is 11.3 Å². The minimum absolute atomic E-state index is 0.166. The predicted octanol–water partition coefficient (Wildman–Crippen LogP) is 4.47. The minimum atomic E-state index is -0.470. The maximum absolute atomic E-state index is 13.4. The highest BCUT2D eigenvalue weighted by Gasteiger charge is 2.25. The molecule has 0 saturated carbocycles. The molecule has 2 aromatic carbocycles. The van der Waals surface area contributed by atoms with E-state index in [1.54, 1.807) is 23.7 Å². The van der Waals surface area contributed by atoms with Crippen LogP contribution in [0.3, 0.4) is 0 Å². The van der Waals surface area contributed by atoms with Crippen LogP contribution in [0.4, 0.5) is 4.39 Å². The van der Waals surface area contributed by atoms with Crippen molar-refractivity contribution in [1.82, 2.24) is 14.7 Å². The fourth-order valence-corrected chi connectivity index (χ4v) is 4.06. The monoisotopic (exact) mass is 439 g/mol. The summed E-state index contributed by atoms with van der Waals surface area (Å²) in [5.41, 5.74) is 2.64. The standard InChI is InChI=1S/C25H30FN3O3/c1-18(30)15-28(16-23-9-6-14-31-23)17-24-19(2)27-29(21-7-4-3-5-8-21)25(24)32-22-12-10-20(26)11-13-22/h3-5,7-8,10-13,18,23,30H,6,9,14-17H2,1-2H3/t18-,23+/m0/s1. The van der Waals surface area contributed by atoms with Crippen LogP contribution in [0.2, 0.25) is 0 Å². The first-order valence-corrected chi connectivity index (χ1v) is 11.1. The Balaban J connectivity index is 1.68. The normalized spacial score (nSPS) is 17.1. The average Bonchev–Trinajstić information content (AvgIpc) is 3.39. The maximum atomic E-state index is 13.4. The second-order valence-corrected chi connectivity index (χ2v) is 8.35. The zero-order chi connectivity index (χ0) is 22.5. The van der Waals surface area contributed by atoms with Crippen molar-refractivity contribution in [1.29, 1.82) is 0 Å². The molecule has 6 nitrogen and oxygen atoms in total. The van der Waals surface area contributed by atoms with Crippen molar-refractivity contribution in [2.45, 2.75) is 45.4 Å². The first-order valence-electron chi connectivity index (χ1n) is 11.1. The number of hydrogen-bond acceptors (Lipinski definition) is 5. The molecule has 32 heavy (non-hydrogen) atoms. The van der Waals surface area contributed by atoms with Crippen molar-refractivity contribution >= 4 is 0 Å². The molecule has 1 aliphatic rings. The highest BCUT2D eigenvalue weighted by atomic mass is 19.1. The van der Waals surface area contributed by atoms with E-state index >= 15 is 0 Å². The molecule has 1 N–H and O–H groups in total. The Hall–Kier alpha value is -2.74. The molecule has 2 heterocycles. The van der Waals surface area contributed by atoms with E-state index in [0.29, 0.717) is 24.7 Å². The summed E-state index contributed by atoms with van der Waals surface area (Å²) in [6.07, 6.45) is 1.79. The van der Waals surface area contributed by atoms with Crippen molar-refractivity contribution in [3.05, 3.63) is 71.7 Å². The van der Waals surface area contributed by atoms with E-state index < -0.39 is 6.10 Å². The lowest BCUT2D eigenvalue weighted by Gasteiger charge is -2.26. The molecule has 0 unspecified atom stereocenters. The summed E-state index contributed by atoms with van der Waals surface area (Å²) in [6.45, 7) is 6.34. The predicted molar refractivity (Wildman–Crippen MR) is 121 cm³/mol. The first kappa shape index (κ1) is 22.5. The molecule has 0 amide bonds. The molecule has 0 spiro atoms. The van der Waals surface area contributed by atoms with E-state index in [4.69, 9.17) is 14.6 Å². The molecule has 3 aromatic rings. The number of para-hydroxylation sites is 1. The van der Waals surface area contributed by atoms with Crippen molar-refractivity contribution < 1.29 is 19.0 Å². The Morgan fingerprint density at radius 1 is 1.22 bits per heavy atom. The van der Waals surface area contributed by atoms with Gasteiger partial charge in [0.25, 0.3) is 0 Å². The molecule has 1 aromatic heterocycles. The number of hydrogen-bond donors (Lipinski definition) is 1. The summed E-state index contributed by atoms with van der Waals surface area (Å²) < 4.78 is 27.3. The second-order valence-electron chi connectivity index (χ2n) is 8.35. The Labute approximate surface area is 188 Å². The third-order valence-corrected chi connectivity index (χ3v) is 5.56. The zero-order valence-corrected chi connectivity index (χ0v) is 18.6. The molecule has 1 saturated heterocycles. The highest BCUT2D eigenvalue weighted by molar-refractivity contribution is 5.43. The lowest BCUT2D eigenvalue weighted by Crippen LogP contribution is -2.36. The van der Waals surface area contributed by atoms with Crippen molar-refractivity contribution in [2.75, 3.05) is 19.7 Å². The Morgan fingerprint density at radius 2 is 1.97 bits per heavy atom. The highest BCUT2D eigenvalue weighted by Crippen LogP contribution is 2.32. The van der Waals surface area contributed by atoms with Gasteiger partial charge in [-0.1, -0.05) is 18.2 Å². The molecule has 0 aliphatic carbocycles. The lowest BCUT2D eigenvalue weighted by molar-refractivity contribution is 0.0500. The molecule has 1 aliphatic heterocycles. The van der Waals surface area contributed by atoms with Gasteiger partial charge >= 0.3 is 0 Å². The van der Waals surface area contributed by atoms with E-state index in [9.17, 15) is 9.50 Å². The smallest absolute Gasteiger partial charge is 0.227 e. The van der Waals surface area contributed by atoms with E-state index in [1.165, 1.54) is 12.1 Å². The van der Waals surface area contributed by atoms with Crippen molar-refractivity contribution in [3.63, 3.8) is 0 Å². The summed E-state index contributed by atoms with van der Waals surface area (Å²) in [5.74, 6) is 0.805. The zero-order valence-electron chi connectivity index (χ0n) is 18.6. The van der Waals surface area contributed by atoms with Crippen LogP contribution < -0.4 is 4.74 Å². The third-order valence-electron chi connectivity index (χ3n) is 5.56. The lowest BCUT2D eigenvalue weighted by atomic mass is 10.1. The van der Waals surface area contributed by atoms with E-state index in [0.717, 1.165) is 42.9 Å². The minimum Gasteiger partial charge on any atom is -0.439 e. The van der Waals surface area contributed by atoms with Crippen LogP contribution in [0.1, 0.15) is 31.0 Å². The van der Waals surface area contributed by atoms with Gasteiger partial charge in [-0.25, -0.2) is 9.07 Å². The molecule has 1 fully saturated rings. The molecular weight excluding hydrogens is 409 g/mol. The van der Waals surface area contributed by atoms with Crippen LogP contribution in [0.25, 0.3) is 5.69 Å². The van der Waals surface area contributed by atoms with Gasteiger partial charge in [0.15, 0.2) is 0 Å². The van der Waals surface area contributed by atoms with Crippen molar-refractivity contribution in [3.8, 4) is 17.3 Å².